The van der Waals surface area contributed by atoms with Gasteiger partial charge >= 0.3 is 12.1 Å². The van der Waals surface area contributed by atoms with E-state index in [1.165, 1.54) is 0 Å². The molecule has 1 aromatic rings. The smallest absolute Gasteiger partial charge is 0.405 e. The number of carboxylic acid groups (broad SMARTS) is 1. The van der Waals surface area contributed by atoms with Crippen LogP contribution in [0.2, 0.25) is 0 Å². The number of non-ortho nitro benzene ring substituents is 1. The Morgan fingerprint density at radius 2 is 2.05 bits per heavy atom. The summed E-state index contributed by atoms with van der Waals surface area (Å²) in [5, 5.41) is 19.1. The quantitative estimate of drug-likeness (QED) is 0.639. The maximum absolute atomic E-state index is 12.4. The monoisotopic (exact) mass is 309 g/mol. The zero-order chi connectivity index (χ0) is 16.2. The van der Waals surface area contributed by atoms with Gasteiger partial charge in [0.25, 0.3) is 5.69 Å². The molecule has 1 unspecified atom stereocenters. The highest BCUT2D eigenvalue weighted by molar-refractivity contribution is 5.71. The van der Waals surface area contributed by atoms with Crippen LogP contribution in [0.15, 0.2) is 18.2 Å². The largest absolute Gasteiger partial charge is 0.493 e. The van der Waals surface area contributed by atoms with Crippen LogP contribution in [-0.2, 0) is 4.79 Å². The maximum Gasteiger partial charge on any atom is 0.405 e. The number of benzene rings is 1. The third kappa shape index (κ3) is 4.23. The molecule has 0 aliphatic rings. The normalized spacial score (nSPS) is 12.6. The number of nitro benzene ring substituents is 1. The molecular formula is C11H10F3NO6. The van der Waals surface area contributed by atoms with Gasteiger partial charge in [-0.2, -0.15) is 13.2 Å². The molecule has 0 bridgehead atoms. The molecule has 0 spiro atoms. The lowest BCUT2D eigenvalue weighted by atomic mass is 10.1. The minimum Gasteiger partial charge on any atom is -0.493 e. The minimum absolute atomic E-state index is 0.171. The van der Waals surface area contributed by atoms with E-state index in [1.54, 1.807) is 0 Å². The van der Waals surface area contributed by atoms with Crippen LogP contribution in [-0.4, -0.2) is 35.9 Å². The lowest BCUT2D eigenvalue weighted by Crippen LogP contribution is -2.35. The highest BCUT2D eigenvalue weighted by Crippen LogP contribution is 2.33. The molecule has 0 aliphatic carbocycles. The van der Waals surface area contributed by atoms with Crippen LogP contribution in [0.4, 0.5) is 18.9 Å². The topological polar surface area (TPSA) is 98.9 Å². The van der Waals surface area contributed by atoms with Crippen LogP contribution < -0.4 is 9.47 Å². The fraction of sp³-hybridized carbons (Fsp3) is 0.364. The molecule has 1 rings (SSSR count). The number of nitrogens with zero attached hydrogens (tertiary/aromatic N) is 1. The van der Waals surface area contributed by atoms with Crippen LogP contribution in [0.1, 0.15) is 0 Å². The molecule has 21 heavy (non-hydrogen) atoms. The molecule has 0 aliphatic heterocycles. The Morgan fingerprint density at radius 3 is 2.48 bits per heavy atom. The van der Waals surface area contributed by atoms with Gasteiger partial charge in [-0.1, -0.05) is 0 Å². The number of alkyl halides is 3. The summed E-state index contributed by atoms with van der Waals surface area (Å²) in [6, 6.07) is 2.99. The third-order valence-corrected chi connectivity index (χ3v) is 2.46. The van der Waals surface area contributed by atoms with Crippen molar-refractivity contribution >= 4 is 11.7 Å². The standard InChI is InChI=1S/C11H10F3NO6/c1-20-9-4-6(15(18)19)2-3-8(9)21-5-7(10(16)17)11(12,13)14/h2-4,7H,5H2,1H3,(H,16,17). The highest BCUT2D eigenvalue weighted by atomic mass is 19.4. The Morgan fingerprint density at radius 1 is 1.43 bits per heavy atom. The van der Waals surface area contributed by atoms with Crippen molar-refractivity contribution in [1.82, 2.24) is 0 Å². The van der Waals surface area contributed by atoms with Gasteiger partial charge in [-0.25, -0.2) is 0 Å². The van der Waals surface area contributed by atoms with Gasteiger partial charge in [0.1, 0.15) is 6.61 Å². The first-order valence-electron chi connectivity index (χ1n) is 5.41. The van der Waals surface area contributed by atoms with Gasteiger partial charge in [0.15, 0.2) is 17.4 Å². The van der Waals surface area contributed by atoms with E-state index in [-0.39, 0.29) is 17.2 Å². The lowest BCUT2D eigenvalue weighted by molar-refractivity contribution is -0.385. The number of methoxy groups -OCH3 is 1. The molecular weight excluding hydrogens is 299 g/mol. The maximum atomic E-state index is 12.4. The summed E-state index contributed by atoms with van der Waals surface area (Å²) < 4.78 is 46.9. The summed E-state index contributed by atoms with van der Waals surface area (Å²) in [5.41, 5.74) is -0.343. The molecule has 7 nitrogen and oxygen atoms in total. The zero-order valence-electron chi connectivity index (χ0n) is 10.6. The summed E-state index contributed by atoms with van der Waals surface area (Å²) >= 11 is 0. The van der Waals surface area contributed by atoms with Crippen LogP contribution in [0, 0.1) is 16.0 Å². The summed E-state index contributed by atoms with van der Waals surface area (Å²) in [5.74, 6) is -5.19. The highest BCUT2D eigenvalue weighted by Gasteiger charge is 2.45. The molecule has 0 fully saturated rings. The van der Waals surface area contributed by atoms with E-state index in [1.807, 2.05) is 0 Å². The molecule has 1 N–H and O–H groups in total. The van der Waals surface area contributed by atoms with Crippen molar-refractivity contribution in [2.75, 3.05) is 13.7 Å². The first kappa shape index (κ1) is 16.5. The number of aliphatic carboxylic acids is 1. The van der Waals surface area contributed by atoms with Crippen molar-refractivity contribution in [2.45, 2.75) is 6.18 Å². The predicted molar refractivity (Wildman–Crippen MR) is 62.3 cm³/mol. The van der Waals surface area contributed by atoms with Gasteiger partial charge in [-0.3, -0.25) is 14.9 Å². The molecule has 0 saturated carbocycles. The molecule has 0 amide bonds. The van der Waals surface area contributed by atoms with E-state index >= 15 is 0 Å². The second-order valence-electron chi connectivity index (χ2n) is 3.84. The van der Waals surface area contributed by atoms with Crippen molar-refractivity contribution < 1.29 is 37.5 Å². The predicted octanol–water partition coefficient (Wildman–Crippen LogP) is 2.25. The van der Waals surface area contributed by atoms with Gasteiger partial charge in [0, 0.05) is 6.07 Å². The van der Waals surface area contributed by atoms with E-state index in [9.17, 15) is 28.1 Å². The Bertz CT molecular complexity index is 545. The second-order valence-corrected chi connectivity index (χ2v) is 3.84. The lowest BCUT2D eigenvalue weighted by Gasteiger charge is -2.17. The van der Waals surface area contributed by atoms with E-state index in [0.29, 0.717) is 0 Å². The summed E-state index contributed by atoms with van der Waals surface area (Å²) in [6.07, 6.45) is -4.97. The van der Waals surface area contributed by atoms with Crippen LogP contribution in [0.25, 0.3) is 0 Å². The first-order valence-corrected chi connectivity index (χ1v) is 5.41. The molecule has 10 heteroatoms. The van der Waals surface area contributed by atoms with E-state index in [0.717, 1.165) is 25.3 Å². The van der Waals surface area contributed by atoms with Crippen LogP contribution in [0.3, 0.4) is 0 Å². The van der Waals surface area contributed by atoms with Gasteiger partial charge < -0.3 is 14.6 Å². The van der Waals surface area contributed by atoms with Crippen LogP contribution >= 0.6 is 0 Å². The number of halogens is 3. The van der Waals surface area contributed by atoms with Gasteiger partial charge in [0.2, 0.25) is 0 Å². The molecule has 0 saturated heterocycles. The number of nitro groups is 1. The van der Waals surface area contributed by atoms with E-state index in [4.69, 9.17) is 14.6 Å². The van der Waals surface area contributed by atoms with Gasteiger partial charge in [-0.15, -0.1) is 0 Å². The molecule has 0 heterocycles. The molecule has 116 valence electrons. The third-order valence-electron chi connectivity index (χ3n) is 2.46. The van der Waals surface area contributed by atoms with Gasteiger partial charge in [-0.05, 0) is 6.07 Å². The number of hydrogen-bond acceptors (Lipinski definition) is 5. The van der Waals surface area contributed by atoms with E-state index < -0.39 is 29.6 Å². The Kier molecular flexibility index (Phi) is 4.95. The minimum atomic E-state index is -4.97. The number of carbonyl (C=O) groups is 1. The summed E-state index contributed by atoms with van der Waals surface area (Å²) in [7, 11) is 1.14. The molecule has 1 atom stereocenters. The number of carboxylic acids is 1. The fourth-order valence-electron chi connectivity index (χ4n) is 1.37. The van der Waals surface area contributed by atoms with E-state index in [2.05, 4.69) is 0 Å². The Labute approximate surface area is 116 Å². The van der Waals surface area contributed by atoms with Crippen LogP contribution in [0.5, 0.6) is 11.5 Å². The van der Waals surface area contributed by atoms with Crippen molar-refractivity contribution in [3.63, 3.8) is 0 Å². The molecule has 0 radical (unpaired) electrons. The van der Waals surface area contributed by atoms with Crippen molar-refractivity contribution in [1.29, 1.82) is 0 Å². The summed E-state index contributed by atoms with van der Waals surface area (Å²) in [6.45, 7) is -1.17. The Hall–Kier alpha value is -2.52. The number of ether oxygens (including phenoxy) is 2. The van der Waals surface area contributed by atoms with Crippen molar-refractivity contribution in [3.05, 3.63) is 28.3 Å². The van der Waals surface area contributed by atoms with Crippen molar-refractivity contribution in [3.8, 4) is 11.5 Å². The number of hydrogen-bond donors (Lipinski definition) is 1. The second kappa shape index (κ2) is 6.29. The van der Waals surface area contributed by atoms with Gasteiger partial charge in [0.05, 0.1) is 18.1 Å². The SMILES string of the molecule is COc1cc([N+](=O)[O-])ccc1OCC(C(=O)O)C(F)(F)F. The first-order chi connectivity index (χ1) is 9.66. The fourth-order valence-corrected chi connectivity index (χ4v) is 1.37. The average Bonchev–Trinajstić information content (AvgIpc) is 2.36. The summed E-state index contributed by atoms with van der Waals surface area (Å²) in [4.78, 5) is 20.4. The van der Waals surface area contributed by atoms with Crippen molar-refractivity contribution in [2.24, 2.45) is 5.92 Å². The zero-order valence-corrected chi connectivity index (χ0v) is 10.6. The average molecular weight is 309 g/mol. The molecule has 1 aromatic carbocycles. The molecule has 0 aromatic heterocycles. The Balaban J connectivity index is 2.93. The number of rotatable bonds is 6.